The molecule has 0 aromatic heterocycles. The highest BCUT2D eigenvalue weighted by Crippen LogP contribution is 2.14. The summed E-state index contributed by atoms with van der Waals surface area (Å²) in [6.45, 7) is 0. The van der Waals surface area contributed by atoms with E-state index in [4.69, 9.17) is 0 Å². The number of hydroxylamine groups is 2. The summed E-state index contributed by atoms with van der Waals surface area (Å²) in [6, 6.07) is 0. The minimum atomic E-state index is -4.95. The van der Waals surface area contributed by atoms with Gasteiger partial charge in [-0.15, -0.1) is 9.35 Å². The lowest BCUT2D eigenvalue weighted by molar-refractivity contribution is -0.168. The molecule has 1 saturated heterocycles. The third-order valence-corrected chi connectivity index (χ3v) is 1.73. The van der Waals surface area contributed by atoms with Crippen molar-refractivity contribution < 1.29 is 31.2 Å². The Morgan fingerprint density at radius 1 is 1.21 bits per heavy atom. The molecule has 2 amide bonds. The van der Waals surface area contributed by atoms with Crippen molar-refractivity contribution in [3.63, 3.8) is 0 Å². The molecule has 0 N–H and O–H groups in total. The first-order valence-corrected chi connectivity index (χ1v) is 4.40. The van der Waals surface area contributed by atoms with Gasteiger partial charge in [0.2, 0.25) is 0 Å². The molecule has 7 nitrogen and oxygen atoms in total. The van der Waals surface area contributed by atoms with Crippen LogP contribution in [-0.4, -0.2) is 25.3 Å². The maximum absolute atomic E-state index is 11.2. The lowest BCUT2D eigenvalue weighted by atomic mass is 10.4. The van der Waals surface area contributed by atoms with E-state index in [0.29, 0.717) is 0 Å². The second kappa shape index (κ2) is 4.68. The summed E-state index contributed by atoms with van der Waals surface area (Å²) in [5, 5.41) is -0.0467. The molecule has 0 bridgehead atoms. The van der Waals surface area contributed by atoms with Crippen molar-refractivity contribution in [1.29, 1.82) is 0 Å². The molecule has 0 atom stereocenters. The highest BCUT2D eigenvalue weighted by atomic mass is 32.3. The van der Waals surface area contributed by atoms with Crippen molar-refractivity contribution in [2.75, 3.05) is 0 Å². The summed E-state index contributed by atoms with van der Waals surface area (Å²) in [7, 11) is -4.95. The van der Waals surface area contributed by atoms with E-state index in [9.17, 15) is 22.5 Å². The predicted octanol–water partition coefficient (Wildman–Crippen LogP) is -0.674. The molecule has 0 aromatic rings. The topological polar surface area (TPSA) is 90.0 Å². The van der Waals surface area contributed by atoms with Crippen LogP contribution in [0.1, 0.15) is 12.8 Å². The maximum Gasteiger partial charge on any atom is 0.452 e. The molecule has 14 heavy (non-hydrogen) atoms. The van der Waals surface area contributed by atoms with Crippen LogP contribution in [0.15, 0.2) is 0 Å². The van der Waals surface area contributed by atoms with Gasteiger partial charge in [-0.25, -0.2) is 0 Å². The van der Waals surface area contributed by atoms with E-state index in [0.717, 1.165) is 0 Å². The fourth-order valence-electron chi connectivity index (χ4n) is 0.742. The van der Waals surface area contributed by atoms with E-state index >= 15 is 0 Å². The summed E-state index contributed by atoms with van der Waals surface area (Å²) in [5.41, 5.74) is 0. The molecule has 0 saturated carbocycles. The minimum absolute atomic E-state index is 0. The van der Waals surface area contributed by atoms with Gasteiger partial charge >= 0.3 is 10.4 Å². The lowest BCUT2D eigenvalue weighted by Gasteiger charge is -2.08. The van der Waals surface area contributed by atoms with Gasteiger partial charge in [0, 0.05) is 12.8 Å². The quantitative estimate of drug-likeness (QED) is 0.614. The third-order valence-electron chi connectivity index (χ3n) is 1.25. The van der Waals surface area contributed by atoms with Crippen molar-refractivity contribution in [2.24, 2.45) is 0 Å². The molecule has 10 heteroatoms. The van der Waals surface area contributed by atoms with Crippen LogP contribution < -0.4 is 0 Å². The Hall–Kier alpha value is -0.710. The number of carbonyl (C=O) groups excluding carboxylic acids is 2. The fraction of sp³-hybridized carbons (Fsp3) is 0.500. The second-order valence-corrected chi connectivity index (χ2v) is 3.22. The molecule has 82 valence electrons. The van der Waals surface area contributed by atoms with Gasteiger partial charge in [-0.05, 0) is 8.91 Å². The third kappa shape index (κ3) is 2.90. The summed E-state index contributed by atoms with van der Waals surface area (Å²) < 4.78 is 37.9. The number of amides is 2. The van der Waals surface area contributed by atoms with Crippen molar-refractivity contribution in [2.45, 2.75) is 12.8 Å². The highest BCUT2D eigenvalue weighted by Gasteiger charge is 2.35. The molecule has 1 aliphatic rings. The first kappa shape index (κ1) is 13.3. The zero-order valence-corrected chi connectivity index (χ0v) is 8.41. The van der Waals surface area contributed by atoms with Gasteiger partial charge in [-0.1, -0.05) is 0 Å². The zero-order valence-electron chi connectivity index (χ0n) is 6.60. The first-order chi connectivity index (χ1) is 5.96. The Labute approximate surface area is 85.4 Å². The van der Waals surface area contributed by atoms with Gasteiger partial charge in [0.1, 0.15) is 0 Å². The molecule has 1 rings (SSSR count). The molecule has 0 aromatic carbocycles. The van der Waals surface area contributed by atoms with Gasteiger partial charge < -0.3 is 0 Å². The van der Waals surface area contributed by atoms with E-state index in [1.54, 1.807) is 0 Å². The van der Waals surface area contributed by atoms with Crippen LogP contribution in [-0.2, 0) is 28.7 Å². The van der Waals surface area contributed by atoms with Crippen LogP contribution in [0.5, 0.6) is 0 Å². The van der Waals surface area contributed by atoms with Gasteiger partial charge in [-0.2, -0.15) is 21.9 Å². The van der Waals surface area contributed by atoms with Crippen molar-refractivity contribution >= 4 is 35.7 Å². The molecular formula is C4H6FNO6S2. The predicted molar refractivity (Wildman–Crippen MR) is 43.7 cm³/mol. The molecule has 1 heterocycles. The summed E-state index contributed by atoms with van der Waals surface area (Å²) in [5.74, 6) is -1.71. The minimum Gasteiger partial charge on any atom is -0.272 e. The smallest absolute Gasteiger partial charge is 0.272 e. The fourth-order valence-corrected chi connectivity index (χ4v) is 1.11. The van der Waals surface area contributed by atoms with Crippen LogP contribution in [0.2, 0.25) is 0 Å². The van der Waals surface area contributed by atoms with E-state index < -0.39 is 22.2 Å². The summed E-state index contributed by atoms with van der Waals surface area (Å²) in [6.07, 6.45) is -0.332. The Morgan fingerprint density at radius 3 is 2.00 bits per heavy atom. The van der Waals surface area contributed by atoms with Crippen LogP contribution in [0.25, 0.3) is 0 Å². The molecule has 0 aliphatic carbocycles. The molecule has 1 aliphatic heterocycles. The molecular weight excluding hydrogens is 241 g/mol. The number of hydrogen-bond donors (Lipinski definition) is 0. The number of nitrogens with zero attached hydrogens (tertiary/aromatic N) is 1. The number of imide groups is 1. The second-order valence-electron chi connectivity index (χ2n) is 2.13. The SMILES string of the molecule is O=C1CCC(=O)N1OS(=O)(=O)OF.S. The average Bonchev–Trinajstić information content (AvgIpc) is 2.36. The molecule has 0 radical (unpaired) electrons. The van der Waals surface area contributed by atoms with Gasteiger partial charge in [0.05, 0.1) is 0 Å². The van der Waals surface area contributed by atoms with Gasteiger partial charge in [-0.3, -0.25) is 9.59 Å². The molecule has 1 fully saturated rings. The van der Waals surface area contributed by atoms with Crippen molar-refractivity contribution in [3.05, 3.63) is 0 Å². The molecule has 0 unspecified atom stereocenters. The standard InChI is InChI=1S/C4H4FNO6S.H2S/c5-11-13(9,10)12-6-3(7)1-2-4(6)8;/h1-2H2;1H2. The van der Waals surface area contributed by atoms with Crippen LogP contribution >= 0.6 is 13.5 Å². The van der Waals surface area contributed by atoms with E-state index in [-0.39, 0.29) is 31.4 Å². The van der Waals surface area contributed by atoms with Gasteiger partial charge in [0.25, 0.3) is 11.8 Å². The largest absolute Gasteiger partial charge is 0.452 e. The first-order valence-electron chi connectivity index (χ1n) is 3.07. The zero-order chi connectivity index (χ0) is 10.1. The molecule has 0 spiro atoms. The lowest BCUT2D eigenvalue weighted by Crippen LogP contribution is -2.32. The number of hydrogen-bond acceptors (Lipinski definition) is 6. The van der Waals surface area contributed by atoms with E-state index in [1.165, 1.54) is 0 Å². The number of halogens is 1. The van der Waals surface area contributed by atoms with Crippen LogP contribution in [0.4, 0.5) is 4.53 Å². The number of rotatable bonds is 3. The summed E-state index contributed by atoms with van der Waals surface area (Å²) >= 11 is 0. The Morgan fingerprint density at radius 2 is 1.64 bits per heavy atom. The average molecular weight is 247 g/mol. The Kier molecular flexibility index (Phi) is 4.45. The normalized spacial score (nSPS) is 17.1. The van der Waals surface area contributed by atoms with Crippen molar-refractivity contribution in [3.8, 4) is 0 Å². The summed E-state index contributed by atoms with van der Waals surface area (Å²) in [4.78, 5) is 21.4. The van der Waals surface area contributed by atoms with Gasteiger partial charge in [0.15, 0.2) is 0 Å². The van der Waals surface area contributed by atoms with Crippen LogP contribution in [0.3, 0.4) is 0 Å². The highest BCUT2D eigenvalue weighted by molar-refractivity contribution is 7.81. The van der Waals surface area contributed by atoms with E-state index in [1.807, 2.05) is 0 Å². The Bertz CT molecular complexity index is 324. The number of carbonyl (C=O) groups is 2. The van der Waals surface area contributed by atoms with Crippen LogP contribution in [0, 0.1) is 0 Å². The monoisotopic (exact) mass is 247 g/mol. The Balaban J connectivity index is 0.00000169. The maximum atomic E-state index is 11.2. The van der Waals surface area contributed by atoms with Crippen molar-refractivity contribution in [1.82, 2.24) is 5.06 Å². The van der Waals surface area contributed by atoms with E-state index in [2.05, 4.69) is 8.67 Å².